The van der Waals surface area contributed by atoms with Gasteiger partial charge in [-0.2, -0.15) is 5.10 Å². The van der Waals surface area contributed by atoms with Gasteiger partial charge in [0.1, 0.15) is 4.90 Å². The Morgan fingerprint density at radius 1 is 1.26 bits per heavy atom. The molecule has 0 atom stereocenters. The van der Waals surface area contributed by atoms with Crippen LogP contribution in [0, 0.1) is 20.8 Å². The number of hydrogen-bond acceptors (Lipinski definition) is 3. The summed E-state index contributed by atoms with van der Waals surface area (Å²) in [5, 5.41) is 9.50. The number of benzene rings is 1. The minimum absolute atomic E-state index is 0.0924. The van der Waals surface area contributed by atoms with Crippen LogP contribution in [0.3, 0.4) is 0 Å². The number of rotatable bonds is 2. The molecule has 2 rings (SSSR count). The first-order valence-electron chi connectivity index (χ1n) is 5.57. The Kier molecular flexibility index (Phi) is 3.55. The predicted molar refractivity (Wildman–Crippen MR) is 76.8 cm³/mol. The van der Waals surface area contributed by atoms with Gasteiger partial charge >= 0.3 is 0 Å². The number of sulfonamides is 1. The van der Waals surface area contributed by atoms with Crippen molar-refractivity contribution >= 4 is 26.0 Å². The van der Waals surface area contributed by atoms with Gasteiger partial charge in [-0.1, -0.05) is 15.9 Å². The average molecular weight is 344 g/mol. The molecular formula is C12H14BrN3O2S. The van der Waals surface area contributed by atoms with Crippen LogP contribution < -0.4 is 5.14 Å². The molecule has 0 unspecified atom stereocenters. The van der Waals surface area contributed by atoms with Crippen molar-refractivity contribution in [3.63, 3.8) is 0 Å². The van der Waals surface area contributed by atoms with Gasteiger partial charge in [0.05, 0.1) is 17.1 Å². The Morgan fingerprint density at radius 2 is 1.89 bits per heavy atom. The lowest BCUT2D eigenvalue weighted by Crippen LogP contribution is -2.14. The highest BCUT2D eigenvalue weighted by Crippen LogP contribution is 2.24. The maximum absolute atomic E-state index is 11.6. The van der Waals surface area contributed by atoms with E-state index in [-0.39, 0.29) is 4.90 Å². The molecule has 0 spiro atoms. The quantitative estimate of drug-likeness (QED) is 0.907. The van der Waals surface area contributed by atoms with Crippen molar-refractivity contribution in [1.29, 1.82) is 0 Å². The molecule has 2 aromatic rings. The molecule has 0 saturated carbocycles. The van der Waals surface area contributed by atoms with E-state index in [0.717, 1.165) is 15.7 Å². The molecule has 1 aromatic carbocycles. The highest BCUT2D eigenvalue weighted by atomic mass is 79.9. The van der Waals surface area contributed by atoms with Gasteiger partial charge in [0.15, 0.2) is 0 Å². The van der Waals surface area contributed by atoms with E-state index in [1.807, 2.05) is 25.1 Å². The second-order valence-electron chi connectivity index (χ2n) is 4.39. The third-order valence-electron chi connectivity index (χ3n) is 2.90. The lowest BCUT2D eigenvalue weighted by molar-refractivity contribution is 0.596. The molecule has 7 heteroatoms. The molecule has 2 N–H and O–H groups in total. The number of aromatic nitrogens is 2. The molecule has 0 saturated heterocycles. The summed E-state index contributed by atoms with van der Waals surface area (Å²) in [6.07, 6.45) is 0. The van der Waals surface area contributed by atoms with Gasteiger partial charge in [-0.15, -0.1) is 0 Å². The number of hydrogen-bond donors (Lipinski definition) is 1. The number of nitrogens with zero attached hydrogens (tertiary/aromatic N) is 2. The van der Waals surface area contributed by atoms with E-state index >= 15 is 0 Å². The summed E-state index contributed by atoms with van der Waals surface area (Å²) >= 11 is 3.39. The van der Waals surface area contributed by atoms with Gasteiger partial charge in [0, 0.05) is 4.47 Å². The molecule has 0 amide bonds. The van der Waals surface area contributed by atoms with Crippen molar-refractivity contribution < 1.29 is 8.42 Å². The molecule has 102 valence electrons. The van der Waals surface area contributed by atoms with E-state index < -0.39 is 10.0 Å². The lowest BCUT2D eigenvalue weighted by atomic mass is 10.2. The van der Waals surface area contributed by atoms with Crippen LogP contribution >= 0.6 is 15.9 Å². The van der Waals surface area contributed by atoms with E-state index in [9.17, 15) is 8.42 Å². The van der Waals surface area contributed by atoms with E-state index in [1.54, 1.807) is 18.5 Å². The molecule has 0 bridgehead atoms. The zero-order valence-corrected chi connectivity index (χ0v) is 13.2. The molecule has 0 fully saturated rings. The van der Waals surface area contributed by atoms with Crippen molar-refractivity contribution in [2.24, 2.45) is 5.14 Å². The Labute approximate surface area is 120 Å². The molecule has 19 heavy (non-hydrogen) atoms. The summed E-state index contributed by atoms with van der Waals surface area (Å²) in [6.45, 7) is 5.27. The first kappa shape index (κ1) is 14.2. The highest BCUT2D eigenvalue weighted by molar-refractivity contribution is 9.10. The fourth-order valence-corrected chi connectivity index (χ4v) is 3.56. The fourth-order valence-electron chi connectivity index (χ4n) is 2.13. The summed E-state index contributed by atoms with van der Waals surface area (Å²) in [4.78, 5) is 0.0924. The Bertz CT molecular complexity index is 751. The van der Waals surface area contributed by atoms with Crippen LogP contribution in [0.2, 0.25) is 0 Å². The van der Waals surface area contributed by atoms with Crippen molar-refractivity contribution in [2.75, 3.05) is 0 Å². The second kappa shape index (κ2) is 4.73. The predicted octanol–water partition coefficient (Wildman–Crippen LogP) is 2.21. The van der Waals surface area contributed by atoms with Gasteiger partial charge < -0.3 is 0 Å². The highest BCUT2D eigenvalue weighted by Gasteiger charge is 2.22. The molecule has 0 radical (unpaired) electrons. The zero-order chi connectivity index (χ0) is 14.4. The standard InChI is InChI=1S/C12H14BrN3O2S/c1-7-6-10(13)4-5-11(7)16-9(3)12(8(2)15-16)19(14,17)18/h4-6H,1-3H3,(H2,14,17,18). The molecule has 1 aromatic heterocycles. The lowest BCUT2D eigenvalue weighted by Gasteiger charge is -2.08. The third-order valence-corrected chi connectivity index (χ3v) is 4.55. The topological polar surface area (TPSA) is 78.0 Å². The van der Waals surface area contributed by atoms with Crippen molar-refractivity contribution in [2.45, 2.75) is 25.7 Å². The van der Waals surface area contributed by atoms with Crippen molar-refractivity contribution in [3.05, 3.63) is 39.6 Å². The fraction of sp³-hybridized carbons (Fsp3) is 0.250. The van der Waals surface area contributed by atoms with Crippen molar-refractivity contribution in [1.82, 2.24) is 9.78 Å². The molecule has 0 aliphatic heterocycles. The Morgan fingerprint density at radius 3 is 2.37 bits per heavy atom. The van der Waals surface area contributed by atoms with Crippen LogP contribution in [0.15, 0.2) is 27.6 Å². The normalized spacial score (nSPS) is 11.8. The molecule has 5 nitrogen and oxygen atoms in total. The zero-order valence-electron chi connectivity index (χ0n) is 10.8. The number of halogens is 1. The second-order valence-corrected chi connectivity index (χ2v) is 6.80. The molecule has 1 heterocycles. The minimum Gasteiger partial charge on any atom is -0.236 e. The number of nitrogens with two attached hydrogens (primary N) is 1. The summed E-state index contributed by atoms with van der Waals surface area (Å²) in [5.74, 6) is 0. The number of primary sulfonamides is 1. The maximum Gasteiger partial charge on any atom is 0.241 e. The smallest absolute Gasteiger partial charge is 0.236 e. The van der Waals surface area contributed by atoms with E-state index in [0.29, 0.717) is 11.4 Å². The van der Waals surface area contributed by atoms with Gasteiger partial charge in [0.25, 0.3) is 0 Å². The van der Waals surface area contributed by atoms with Crippen LogP contribution in [-0.4, -0.2) is 18.2 Å². The Balaban J connectivity index is 2.72. The van der Waals surface area contributed by atoms with Crippen LogP contribution in [0.5, 0.6) is 0 Å². The van der Waals surface area contributed by atoms with Gasteiger partial charge in [0.2, 0.25) is 10.0 Å². The van der Waals surface area contributed by atoms with E-state index in [2.05, 4.69) is 21.0 Å². The summed E-state index contributed by atoms with van der Waals surface area (Å²) in [5.41, 5.74) is 2.74. The Hall–Kier alpha value is -1.18. The number of aryl methyl sites for hydroxylation is 2. The maximum atomic E-state index is 11.6. The minimum atomic E-state index is -3.76. The van der Waals surface area contributed by atoms with Gasteiger partial charge in [-0.3, -0.25) is 0 Å². The van der Waals surface area contributed by atoms with Crippen LogP contribution in [0.25, 0.3) is 5.69 Å². The molecule has 0 aliphatic carbocycles. The average Bonchev–Trinajstić information content (AvgIpc) is 2.53. The largest absolute Gasteiger partial charge is 0.241 e. The summed E-state index contributed by atoms with van der Waals surface area (Å²) in [6, 6.07) is 5.71. The first-order chi connectivity index (χ1) is 8.71. The van der Waals surface area contributed by atoms with E-state index in [4.69, 9.17) is 5.14 Å². The SMILES string of the molecule is Cc1cc(Br)ccc1-n1nc(C)c(S(N)(=O)=O)c1C. The van der Waals surface area contributed by atoms with Gasteiger partial charge in [-0.25, -0.2) is 18.2 Å². The third kappa shape index (κ3) is 2.58. The molecular weight excluding hydrogens is 330 g/mol. The molecule has 0 aliphatic rings. The summed E-state index contributed by atoms with van der Waals surface area (Å²) < 4.78 is 25.7. The first-order valence-corrected chi connectivity index (χ1v) is 7.91. The van der Waals surface area contributed by atoms with Crippen LogP contribution in [0.4, 0.5) is 0 Å². The van der Waals surface area contributed by atoms with Gasteiger partial charge in [-0.05, 0) is 44.5 Å². The van der Waals surface area contributed by atoms with E-state index in [1.165, 1.54) is 0 Å². The van der Waals surface area contributed by atoms with Crippen LogP contribution in [-0.2, 0) is 10.0 Å². The summed E-state index contributed by atoms with van der Waals surface area (Å²) in [7, 11) is -3.76. The van der Waals surface area contributed by atoms with Crippen LogP contribution in [0.1, 0.15) is 17.0 Å². The van der Waals surface area contributed by atoms with Crippen molar-refractivity contribution in [3.8, 4) is 5.69 Å². The monoisotopic (exact) mass is 343 g/mol.